The summed E-state index contributed by atoms with van der Waals surface area (Å²) in [6.07, 6.45) is 0.268. The Labute approximate surface area is 251 Å². The van der Waals surface area contributed by atoms with Crippen LogP contribution < -0.4 is 9.62 Å². The van der Waals surface area contributed by atoms with Gasteiger partial charge in [0.05, 0.1) is 5.69 Å². The summed E-state index contributed by atoms with van der Waals surface area (Å²) in [7, 11) is -1.17. The van der Waals surface area contributed by atoms with Gasteiger partial charge in [-0.2, -0.15) is 12.7 Å². The van der Waals surface area contributed by atoms with E-state index in [1.165, 1.54) is 19.0 Å². The minimum atomic E-state index is -4.06. The van der Waals surface area contributed by atoms with Crippen LogP contribution in [0.5, 0.6) is 0 Å². The molecule has 0 aliphatic carbocycles. The van der Waals surface area contributed by atoms with Crippen LogP contribution >= 0.6 is 0 Å². The predicted octanol–water partition coefficient (Wildman–Crippen LogP) is 4.78. The Hall–Kier alpha value is -3.69. The van der Waals surface area contributed by atoms with Gasteiger partial charge in [-0.1, -0.05) is 66.7 Å². The third kappa shape index (κ3) is 8.42. The molecule has 2 amide bonds. The number of aryl methyl sites for hydroxylation is 3. The van der Waals surface area contributed by atoms with E-state index in [0.717, 1.165) is 36.4 Å². The molecule has 0 spiro atoms. The second-order valence-electron chi connectivity index (χ2n) is 12.0. The lowest BCUT2D eigenvalue weighted by Gasteiger charge is -2.36. The Morgan fingerprint density at radius 1 is 0.857 bits per heavy atom. The molecule has 226 valence electrons. The predicted molar refractivity (Wildman–Crippen MR) is 169 cm³/mol. The number of carbonyl (C=O) groups excluding carboxylic acids is 2. The molecule has 0 aliphatic rings. The lowest BCUT2D eigenvalue weighted by molar-refractivity contribution is -0.140. The molecule has 1 unspecified atom stereocenters. The standard InChI is InChI=1S/C33H44N4O4S/c1-24-18-19-26(3)29(20-24)37(42(40,41)35(7)8)23-31(38)36(22-28-17-13-12-14-25(28)2)30(32(39)34-33(4,5)6)21-27-15-10-9-11-16-27/h9-20,30H,21-23H2,1-8H3,(H,34,39). The summed E-state index contributed by atoms with van der Waals surface area (Å²) in [4.78, 5) is 29.9. The molecule has 9 heteroatoms. The van der Waals surface area contributed by atoms with E-state index in [4.69, 9.17) is 0 Å². The fourth-order valence-electron chi connectivity index (χ4n) is 4.67. The Balaban J connectivity index is 2.16. The molecule has 3 aromatic rings. The molecule has 1 N–H and O–H groups in total. The highest BCUT2D eigenvalue weighted by atomic mass is 32.2. The van der Waals surface area contributed by atoms with Crippen LogP contribution in [0, 0.1) is 20.8 Å². The first-order chi connectivity index (χ1) is 19.6. The first-order valence-electron chi connectivity index (χ1n) is 14.1. The van der Waals surface area contributed by atoms with E-state index < -0.39 is 34.2 Å². The van der Waals surface area contributed by atoms with E-state index in [9.17, 15) is 18.0 Å². The SMILES string of the molecule is Cc1ccc(C)c(N(CC(=O)N(Cc2ccccc2C)C(Cc2ccccc2)C(=O)NC(C)(C)C)S(=O)(=O)N(C)C)c1. The van der Waals surface area contributed by atoms with Gasteiger partial charge in [0.15, 0.2) is 0 Å². The molecule has 0 radical (unpaired) electrons. The van der Waals surface area contributed by atoms with Crippen molar-refractivity contribution in [2.45, 2.75) is 66.1 Å². The van der Waals surface area contributed by atoms with Crippen molar-refractivity contribution in [2.24, 2.45) is 0 Å². The molecule has 1 atom stereocenters. The van der Waals surface area contributed by atoms with Crippen LogP contribution in [-0.2, 0) is 32.8 Å². The van der Waals surface area contributed by atoms with Crippen molar-refractivity contribution in [3.8, 4) is 0 Å². The van der Waals surface area contributed by atoms with Crippen molar-refractivity contribution in [3.05, 3.63) is 101 Å². The fraction of sp³-hybridized carbons (Fsp3) is 0.394. The summed E-state index contributed by atoms with van der Waals surface area (Å²) in [5.41, 5.74) is 4.20. The van der Waals surface area contributed by atoms with Crippen LogP contribution in [0.4, 0.5) is 5.69 Å². The molecule has 0 aromatic heterocycles. The highest BCUT2D eigenvalue weighted by Crippen LogP contribution is 2.26. The second kappa shape index (κ2) is 13.5. The number of nitrogens with zero attached hydrogens (tertiary/aromatic N) is 3. The zero-order valence-corrected chi connectivity index (χ0v) is 26.8. The maximum Gasteiger partial charge on any atom is 0.304 e. The van der Waals surface area contributed by atoms with E-state index in [1.54, 1.807) is 6.07 Å². The average molecular weight is 593 g/mol. The first kappa shape index (κ1) is 32.8. The smallest absolute Gasteiger partial charge is 0.304 e. The van der Waals surface area contributed by atoms with Crippen LogP contribution in [0.15, 0.2) is 72.8 Å². The molecule has 0 aliphatic heterocycles. The third-order valence-electron chi connectivity index (χ3n) is 7.02. The van der Waals surface area contributed by atoms with E-state index in [1.807, 2.05) is 108 Å². The minimum absolute atomic E-state index is 0.142. The van der Waals surface area contributed by atoms with E-state index in [2.05, 4.69) is 5.32 Å². The molecule has 0 bridgehead atoms. The van der Waals surface area contributed by atoms with Gasteiger partial charge in [-0.25, -0.2) is 4.31 Å². The summed E-state index contributed by atoms with van der Waals surface area (Å²) in [5, 5.41) is 3.05. The molecule has 3 rings (SSSR count). The van der Waals surface area contributed by atoms with E-state index in [-0.39, 0.29) is 18.9 Å². The van der Waals surface area contributed by atoms with Crippen molar-refractivity contribution < 1.29 is 18.0 Å². The summed E-state index contributed by atoms with van der Waals surface area (Å²) in [6.45, 7) is 11.0. The highest BCUT2D eigenvalue weighted by molar-refractivity contribution is 7.90. The maximum atomic E-state index is 14.4. The first-order valence-corrected chi connectivity index (χ1v) is 15.5. The molecule has 0 fully saturated rings. The second-order valence-corrected chi connectivity index (χ2v) is 14.0. The van der Waals surface area contributed by atoms with Gasteiger partial charge in [0.1, 0.15) is 12.6 Å². The topological polar surface area (TPSA) is 90.0 Å². The highest BCUT2D eigenvalue weighted by Gasteiger charge is 2.36. The number of hydrogen-bond acceptors (Lipinski definition) is 4. The number of nitrogens with one attached hydrogen (secondary N) is 1. The van der Waals surface area contributed by atoms with Crippen LogP contribution in [0.3, 0.4) is 0 Å². The van der Waals surface area contributed by atoms with Gasteiger partial charge in [0.25, 0.3) is 0 Å². The number of hydrogen-bond donors (Lipinski definition) is 1. The molecule has 42 heavy (non-hydrogen) atoms. The van der Waals surface area contributed by atoms with Gasteiger partial charge < -0.3 is 10.2 Å². The Bertz CT molecular complexity index is 1500. The minimum Gasteiger partial charge on any atom is -0.350 e. The number of anilines is 1. The number of amides is 2. The number of carbonyl (C=O) groups is 2. The molecule has 0 saturated heterocycles. The Morgan fingerprint density at radius 2 is 1.48 bits per heavy atom. The van der Waals surface area contributed by atoms with Crippen molar-refractivity contribution in [1.29, 1.82) is 0 Å². The molecule has 0 heterocycles. The van der Waals surface area contributed by atoms with Crippen LogP contribution in [0.25, 0.3) is 0 Å². The largest absolute Gasteiger partial charge is 0.350 e. The van der Waals surface area contributed by atoms with E-state index >= 15 is 0 Å². The van der Waals surface area contributed by atoms with Crippen LogP contribution in [0.2, 0.25) is 0 Å². The lowest BCUT2D eigenvalue weighted by Crippen LogP contribution is -2.56. The van der Waals surface area contributed by atoms with Gasteiger partial charge in [0.2, 0.25) is 11.8 Å². The van der Waals surface area contributed by atoms with Crippen LogP contribution in [0.1, 0.15) is 48.6 Å². The summed E-state index contributed by atoms with van der Waals surface area (Å²) in [5.74, 6) is -0.781. The average Bonchev–Trinajstić information content (AvgIpc) is 2.91. The third-order valence-corrected chi connectivity index (χ3v) is 8.83. The summed E-state index contributed by atoms with van der Waals surface area (Å²) in [6, 6.07) is 21.9. The van der Waals surface area contributed by atoms with Gasteiger partial charge in [-0.15, -0.1) is 0 Å². The summed E-state index contributed by atoms with van der Waals surface area (Å²) < 4.78 is 29.5. The molecular formula is C33H44N4O4S. The molecule has 8 nitrogen and oxygen atoms in total. The van der Waals surface area contributed by atoms with Crippen molar-refractivity contribution in [2.75, 3.05) is 24.9 Å². The van der Waals surface area contributed by atoms with E-state index in [0.29, 0.717) is 5.69 Å². The lowest BCUT2D eigenvalue weighted by atomic mass is 10.00. The number of rotatable bonds is 11. The maximum absolute atomic E-state index is 14.4. The van der Waals surface area contributed by atoms with Gasteiger partial charge >= 0.3 is 10.2 Å². The normalized spacial score (nSPS) is 12.6. The quantitative estimate of drug-likeness (QED) is 0.347. The Kier molecular flexibility index (Phi) is 10.6. The molecular weight excluding hydrogens is 548 g/mol. The van der Waals surface area contributed by atoms with Gasteiger partial charge in [-0.05, 0) is 75.4 Å². The van der Waals surface area contributed by atoms with Gasteiger partial charge in [0, 0.05) is 32.6 Å². The van der Waals surface area contributed by atoms with Crippen molar-refractivity contribution >= 4 is 27.7 Å². The van der Waals surface area contributed by atoms with Gasteiger partial charge in [-0.3, -0.25) is 9.59 Å². The van der Waals surface area contributed by atoms with Crippen molar-refractivity contribution in [1.82, 2.24) is 14.5 Å². The Morgan fingerprint density at radius 3 is 2.07 bits per heavy atom. The molecule has 3 aromatic carbocycles. The zero-order chi connectivity index (χ0) is 31.2. The molecule has 0 saturated carbocycles. The zero-order valence-electron chi connectivity index (χ0n) is 26.0. The summed E-state index contributed by atoms with van der Waals surface area (Å²) >= 11 is 0. The van der Waals surface area contributed by atoms with Crippen molar-refractivity contribution in [3.63, 3.8) is 0 Å². The number of benzene rings is 3. The monoisotopic (exact) mass is 592 g/mol. The fourth-order valence-corrected chi connectivity index (χ4v) is 5.78. The van der Waals surface area contributed by atoms with Crippen LogP contribution in [-0.4, -0.2) is 61.7 Å².